The topological polar surface area (TPSA) is 84.3 Å². The number of carboxylic acids is 1. The molecule has 0 unspecified atom stereocenters. The Morgan fingerprint density at radius 1 is 0.914 bits per heavy atom. The third-order valence-electron chi connectivity index (χ3n) is 5.63. The molecule has 2 aromatic heterocycles. The van der Waals surface area contributed by atoms with Crippen molar-refractivity contribution in [1.82, 2.24) is 9.97 Å². The summed E-state index contributed by atoms with van der Waals surface area (Å²) < 4.78 is 5.55. The normalized spacial score (nSPS) is 10.8. The van der Waals surface area contributed by atoms with Gasteiger partial charge in [0.2, 0.25) is 0 Å². The lowest BCUT2D eigenvalue weighted by molar-refractivity contribution is -0.136. The molecule has 2 N–H and O–H groups in total. The molecule has 0 aliphatic rings. The molecule has 0 aliphatic heterocycles. The van der Waals surface area contributed by atoms with Crippen LogP contribution in [0.2, 0.25) is 0 Å². The van der Waals surface area contributed by atoms with Crippen LogP contribution in [-0.4, -0.2) is 27.7 Å². The van der Waals surface area contributed by atoms with Crippen LogP contribution in [0, 0.1) is 0 Å². The number of nitrogens with zero attached hydrogens (tertiary/aromatic N) is 2. The van der Waals surface area contributed by atoms with E-state index in [1.807, 2.05) is 43.3 Å². The molecule has 35 heavy (non-hydrogen) atoms. The van der Waals surface area contributed by atoms with Crippen LogP contribution in [0.3, 0.4) is 0 Å². The van der Waals surface area contributed by atoms with Crippen LogP contribution in [0.4, 0.5) is 11.5 Å². The molecule has 0 aliphatic carbocycles. The van der Waals surface area contributed by atoms with Gasteiger partial charge in [0.15, 0.2) is 5.82 Å². The monoisotopic (exact) mass is 487 g/mol. The van der Waals surface area contributed by atoms with E-state index < -0.39 is 5.97 Å². The van der Waals surface area contributed by atoms with Crippen molar-refractivity contribution in [3.8, 4) is 26.9 Å². The van der Waals surface area contributed by atoms with Gasteiger partial charge in [0.1, 0.15) is 11.6 Å². The van der Waals surface area contributed by atoms with Crippen LogP contribution in [0.5, 0.6) is 5.75 Å². The lowest BCUT2D eigenvalue weighted by Gasteiger charge is -2.15. The first kappa shape index (κ1) is 24.4. The van der Waals surface area contributed by atoms with Crippen molar-refractivity contribution in [2.45, 2.75) is 40.0 Å². The minimum Gasteiger partial charge on any atom is -0.494 e. The Kier molecular flexibility index (Phi) is 7.77. The first-order valence-electron chi connectivity index (χ1n) is 11.8. The number of aromatic nitrogens is 2. The summed E-state index contributed by atoms with van der Waals surface area (Å²) in [6.07, 6.45) is 1.62. The molecule has 0 atom stereocenters. The minimum atomic E-state index is -0.840. The third kappa shape index (κ3) is 5.87. The minimum absolute atomic E-state index is 0.00714. The number of aryl methyl sites for hydroxylation is 1. The van der Waals surface area contributed by atoms with Crippen LogP contribution < -0.4 is 10.1 Å². The van der Waals surface area contributed by atoms with E-state index in [4.69, 9.17) is 19.8 Å². The summed E-state index contributed by atoms with van der Waals surface area (Å²) >= 11 is 1.66. The van der Waals surface area contributed by atoms with Crippen LogP contribution in [0.25, 0.3) is 21.1 Å². The molecule has 0 bridgehead atoms. The molecule has 0 radical (unpaired) electrons. The molecule has 7 heteroatoms. The fourth-order valence-electron chi connectivity index (χ4n) is 3.92. The fourth-order valence-corrected chi connectivity index (χ4v) is 4.87. The third-order valence-corrected chi connectivity index (χ3v) is 6.76. The number of anilines is 2. The molecule has 4 rings (SSSR count). The Morgan fingerprint density at radius 2 is 1.63 bits per heavy atom. The summed E-state index contributed by atoms with van der Waals surface area (Å²) in [5, 5.41) is 12.4. The molecule has 0 amide bonds. The number of hydrogen-bond acceptors (Lipinski definition) is 6. The number of nitrogens with one attached hydrogen (secondary N) is 1. The van der Waals surface area contributed by atoms with E-state index >= 15 is 0 Å². The second kappa shape index (κ2) is 11.1. The van der Waals surface area contributed by atoms with Gasteiger partial charge in [0.05, 0.1) is 17.9 Å². The van der Waals surface area contributed by atoms with Crippen molar-refractivity contribution >= 4 is 28.8 Å². The van der Waals surface area contributed by atoms with E-state index in [9.17, 15) is 4.79 Å². The van der Waals surface area contributed by atoms with E-state index in [2.05, 4.69) is 43.4 Å². The number of ether oxygens (including phenoxy) is 1. The van der Waals surface area contributed by atoms with Gasteiger partial charge in [-0.05, 0) is 79.4 Å². The Balaban J connectivity index is 1.64. The molecule has 180 valence electrons. The predicted molar refractivity (Wildman–Crippen MR) is 142 cm³/mol. The Labute approximate surface area is 209 Å². The molecule has 0 saturated heterocycles. The highest BCUT2D eigenvalue weighted by molar-refractivity contribution is 7.18. The first-order valence-corrected chi connectivity index (χ1v) is 12.6. The highest BCUT2D eigenvalue weighted by Crippen LogP contribution is 2.35. The fraction of sp³-hybridized carbons (Fsp3) is 0.250. The summed E-state index contributed by atoms with van der Waals surface area (Å²) in [7, 11) is 0. The van der Waals surface area contributed by atoms with E-state index in [0.717, 1.165) is 62.2 Å². The largest absolute Gasteiger partial charge is 0.494 e. The van der Waals surface area contributed by atoms with Gasteiger partial charge in [-0.15, -0.1) is 11.3 Å². The van der Waals surface area contributed by atoms with Gasteiger partial charge in [-0.3, -0.25) is 4.79 Å². The Morgan fingerprint density at radius 3 is 2.26 bits per heavy atom. The Hall–Kier alpha value is -3.71. The summed E-state index contributed by atoms with van der Waals surface area (Å²) in [4.78, 5) is 22.9. The highest BCUT2D eigenvalue weighted by Gasteiger charge is 2.16. The maximum atomic E-state index is 11.0. The van der Waals surface area contributed by atoms with Gasteiger partial charge in [-0.2, -0.15) is 0 Å². The predicted octanol–water partition coefficient (Wildman–Crippen LogP) is 6.77. The molecule has 2 aromatic carbocycles. The van der Waals surface area contributed by atoms with Crippen molar-refractivity contribution in [3.05, 3.63) is 77.5 Å². The zero-order valence-corrected chi connectivity index (χ0v) is 21.0. The van der Waals surface area contributed by atoms with Gasteiger partial charge < -0.3 is 15.2 Å². The molecular weight excluding hydrogens is 458 g/mol. The number of aliphatic carboxylic acids is 1. The maximum absolute atomic E-state index is 11.0. The molecule has 0 fully saturated rings. The second-order valence-electron chi connectivity index (χ2n) is 8.04. The van der Waals surface area contributed by atoms with Crippen LogP contribution >= 0.6 is 11.3 Å². The van der Waals surface area contributed by atoms with Crippen molar-refractivity contribution in [2.24, 2.45) is 0 Å². The molecular formula is C28H29N3O3S. The molecule has 4 aromatic rings. The SMILES string of the molecule is CCOc1ccc(-c2ccc(-c3nc(CC)c(CC)c(Nc4ccc(CC(=O)O)cc4)n3)s2)cc1. The van der Waals surface area contributed by atoms with E-state index in [0.29, 0.717) is 12.4 Å². The van der Waals surface area contributed by atoms with Crippen molar-refractivity contribution in [2.75, 3.05) is 11.9 Å². The van der Waals surface area contributed by atoms with Crippen LogP contribution in [0.1, 0.15) is 37.6 Å². The van der Waals surface area contributed by atoms with Crippen LogP contribution in [0.15, 0.2) is 60.7 Å². The summed E-state index contributed by atoms with van der Waals surface area (Å²) in [5.41, 5.74) is 4.87. The van der Waals surface area contributed by atoms with Gasteiger partial charge in [-0.1, -0.05) is 26.0 Å². The molecule has 2 heterocycles. The quantitative estimate of drug-likeness (QED) is 0.257. The molecule has 0 spiro atoms. The number of thiophene rings is 1. The van der Waals surface area contributed by atoms with Gasteiger partial charge >= 0.3 is 5.97 Å². The first-order chi connectivity index (χ1) is 17.0. The van der Waals surface area contributed by atoms with Gasteiger partial charge in [0, 0.05) is 21.8 Å². The summed E-state index contributed by atoms with van der Waals surface area (Å²) in [6, 6.07) is 19.7. The number of carboxylic acid groups (broad SMARTS) is 1. The average molecular weight is 488 g/mol. The lowest BCUT2D eigenvalue weighted by Crippen LogP contribution is -2.07. The zero-order valence-electron chi connectivity index (χ0n) is 20.2. The van der Waals surface area contributed by atoms with E-state index in [1.54, 1.807) is 11.3 Å². The Bertz CT molecular complexity index is 1300. The van der Waals surface area contributed by atoms with E-state index in [1.165, 1.54) is 0 Å². The van der Waals surface area contributed by atoms with Crippen molar-refractivity contribution in [3.63, 3.8) is 0 Å². The molecule has 6 nitrogen and oxygen atoms in total. The highest BCUT2D eigenvalue weighted by atomic mass is 32.1. The van der Waals surface area contributed by atoms with Crippen LogP contribution in [-0.2, 0) is 24.1 Å². The zero-order chi connectivity index (χ0) is 24.8. The maximum Gasteiger partial charge on any atom is 0.307 e. The smallest absolute Gasteiger partial charge is 0.307 e. The number of hydrogen-bond donors (Lipinski definition) is 2. The van der Waals surface area contributed by atoms with Crippen molar-refractivity contribution < 1.29 is 14.6 Å². The van der Waals surface area contributed by atoms with Gasteiger partial charge in [-0.25, -0.2) is 9.97 Å². The summed E-state index contributed by atoms with van der Waals surface area (Å²) in [6.45, 7) is 6.84. The lowest BCUT2D eigenvalue weighted by atomic mass is 10.1. The second-order valence-corrected chi connectivity index (χ2v) is 9.13. The van der Waals surface area contributed by atoms with Crippen molar-refractivity contribution in [1.29, 1.82) is 0 Å². The summed E-state index contributed by atoms with van der Waals surface area (Å²) in [5.74, 6) is 1.51. The number of rotatable bonds is 10. The van der Waals surface area contributed by atoms with E-state index in [-0.39, 0.29) is 6.42 Å². The van der Waals surface area contributed by atoms with Gasteiger partial charge in [0.25, 0.3) is 0 Å². The average Bonchev–Trinajstić information content (AvgIpc) is 3.35. The number of benzene rings is 2. The molecule has 0 saturated carbocycles. The number of carbonyl (C=O) groups is 1. The standard InChI is InChI=1S/C28H29N3O3S/c1-4-22-23(5-2)30-28(31-27(22)29-20-11-7-18(8-12-20)17-26(32)33)25-16-15-24(35-25)19-9-13-21(14-10-19)34-6-3/h7-16H,4-6,17H2,1-3H3,(H,32,33)(H,29,30,31).